The quantitative estimate of drug-likeness (QED) is 0.553. The molecule has 0 unspecified atom stereocenters. The van der Waals surface area contributed by atoms with E-state index in [0.29, 0.717) is 29.5 Å². The second-order valence-electron chi connectivity index (χ2n) is 6.36. The van der Waals surface area contributed by atoms with Crippen molar-refractivity contribution in [2.24, 2.45) is 0 Å². The molecule has 2 heterocycles. The predicted molar refractivity (Wildman–Crippen MR) is 106 cm³/mol. The normalized spacial score (nSPS) is 16.9. The summed E-state index contributed by atoms with van der Waals surface area (Å²) in [4.78, 5) is 28.6. The summed E-state index contributed by atoms with van der Waals surface area (Å²) in [5, 5.41) is 9.84. The Hall–Kier alpha value is -1.98. The Balaban J connectivity index is 1.57. The number of hydrogen-bond acceptors (Lipinski definition) is 6. The maximum Gasteiger partial charge on any atom is 0.417 e. The molecule has 1 N–H and O–H groups in total. The number of carboxylic acids is 1. The summed E-state index contributed by atoms with van der Waals surface area (Å²) in [6.07, 6.45) is -3.73. The molecule has 6 nitrogen and oxygen atoms in total. The Labute approximate surface area is 183 Å². The fourth-order valence-electron chi connectivity index (χ4n) is 2.95. The molecule has 12 heteroatoms. The average Bonchev–Trinajstić information content (AvgIpc) is 3.28. The van der Waals surface area contributed by atoms with Crippen LogP contribution < -0.4 is 4.74 Å². The van der Waals surface area contributed by atoms with E-state index in [2.05, 4.69) is 4.98 Å². The van der Waals surface area contributed by atoms with Gasteiger partial charge in [0.2, 0.25) is 5.91 Å². The van der Waals surface area contributed by atoms with Gasteiger partial charge >= 0.3 is 12.1 Å². The first-order valence-electron chi connectivity index (χ1n) is 8.76. The van der Waals surface area contributed by atoms with Crippen molar-refractivity contribution in [3.05, 3.63) is 39.9 Å². The van der Waals surface area contributed by atoms with Crippen LogP contribution in [0.5, 0.6) is 5.75 Å². The highest BCUT2D eigenvalue weighted by molar-refractivity contribution is 8.01. The third-order valence-electron chi connectivity index (χ3n) is 4.41. The molecule has 1 aliphatic rings. The molecule has 1 saturated heterocycles. The van der Waals surface area contributed by atoms with E-state index in [1.165, 1.54) is 40.6 Å². The molecule has 2 aromatic rings. The molecule has 1 aromatic carbocycles. The lowest BCUT2D eigenvalue weighted by Crippen LogP contribution is -2.38. The second kappa shape index (κ2) is 9.44. The predicted octanol–water partition coefficient (Wildman–Crippen LogP) is 4.68. The number of aromatic carboxylic acids is 1. The van der Waals surface area contributed by atoms with E-state index in [0.717, 1.165) is 6.07 Å². The highest BCUT2D eigenvalue weighted by atomic mass is 35.5. The van der Waals surface area contributed by atoms with Crippen molar-refractivity contribution in [3.63, 3.8) is 0 Å². The molecule has 0 saturated carbocycles. The number of ether oxygens (including phenoxy) is 1. The second-order valence-corrected chi connectivity index (χ2v) is 8.94. The van der Waals surface area contributed by atoms with Gasteiger partial charge < -0.3 is 14.7 Å². The van der Waals surface area contributed by atoms with Gasteiger partial charge in [-0.05, 0) is 18.6 Å². The topological polar surface area (TPSA) is 79.7 Å². The molecule has 0 spiro atoms. The number of halogens is 4. The van der Waals surface area contributed by atoms with Crippen LogP contribution in [0.1, 0.15) is 28.9 Å². The number of thiazole rings is 1. The number of hydrogen-bond donors (Lipinski definition) is 1. The van der Waals surface area contributed by atoms with Gasteiger partial charge in [0.1, 0.15) is 12.4 Å². The third kappa shape index (κ3) is 5.38. The number of amides is 1. The number of rotatable bonds is 8. The van der Waals surface area contributed by atoms with Gasteiger partial charge in [0.05, 0.1) is 16.6 Å². The molecule has 1 amide bonds. The SMILES string of the molecule is O=C(O)c1csc(SCCN2C(=O)CC[C@@H]2COc2cccc(C(F)(F)F)c2Cl)n1. The minimum atomic E-state index is -4.58. The number of thioether (sulfide) groups is 1. The first kappa shape index (κ1) is 22.7. The molecule has 1 atom stereocenters. The van der Waals surface area contributed by atoms with Crippen molar-refractivity contribution in [2.45, 2.75) is 29.4 Å². The van der Waals surface area contributed by atoms with Crippen LogP contribution in [0.15, 0.2) is 27.9 Å². The largest absolute Gasteiger partial charge is 0.490 e. The number of alkyl halides is 3. The van der Waals surface area contributed by atoms with Gasteiger partial charge in [-0.25, -0.2) is 9.78 Å². The van der Waals surface area contributed by atoms with Crippen molar-refractivity contribution in [3.8, 4) is 5.75 Å². The lowest BCUT2D eigenvalue weighted by molar-refractivity contribution is -0.137. The summed E-state index contributed by atoms with van der Waals surface area (Å²) < 4.78 is 45.0. The molecule has 0 radical (unpaired) electrons. The van der Waals surface area contributed by atoms with Crippen LogP contribution in [0.3, 0.4) is 0 Å². The van der Waals surface area contributed by atoms with Crippen molar-refractivity contribution in [1.82, 2.24) is 9.88 Å². The van der Waals surface area contributed by atoms with E-state index in [4.69, 9.17) is 21.4 Å². The monoisotopic (exact) mass is 480 g/mol. The van der Waals surface area contributed by atoms with E-state index in [1.807, 2.05) is 0 Å². The number of carbonyl (C=O) groups is 2. The Morgan fingerprint density at radius 3 is 2.87 bits per heavy atom. The van der Waals surface area contributed by atoms with Crippen molar-refractivity contribution in [1.29, 1.82) is 0 Å². The van der Waals surface area contributed by atoms with Gasteiger partial charge in [0.15, 0.2) is 10.0 Å². The van der Waals surface area contributed by atoms with Crippen LogP contribution in [-0.2, 0) is 11.0 Å². The fourth-order valence-corrected chi connectivity index (χ4v) is 5.05. The van der Waals surface area contributed by atoms with Crippen LogP contribution in [-0.4, -0.2) is 51.8 Å². The summed E-state index contributed by atoms with van der Waals surface area (Å²) in [5.74, 6) is -0.744. The lowest BCUT2D eigenvalue weighted by atomic mass is 10.2. The maximum atomic E-state index is 13.0. The molecule has 1 aliphatic heterocycles. The highest BCUT2D eigenvalue weighted by Crippen LogP contribution is 2.39. The Kier molecular flexibility index (Phi) is 7.14. The zero-order chi connectivity index (χ0) is 21.9. The fraction of sp³-hybridized carbons (Fsp3) is 0.389. The average molecular weight is 481 g/mol. The third-order valence-corrected chi connectivity index (χ3v) is 6.80. The van der Waals surface area contributed by atoms with Gasteiger partial charge in [0, 0.05) is 24.1 Å². The van der Waals surface area contributed by atoms with E-state index in [1.54, 1.807) is 4.90 Å². The molecule has 1 fully saturated rings. The van der Waals surface area contributed by atoms with E-state index in [-0.39, 0.29) is 30.0 Å². The molecule has 1 aromatic heterocycles. The highest BCUT2D eigenvalue weighted by Gasteiger charge is 2.35. The van der Waals surface area contributed by atoms with Gasteiger partial charge in [0.25, 0.3) is 0 Å². The Morgan fingerprint density at radius 2 is 2.20 bits per heavy atom. The van der Waals surface area contributed by atoms with E-state index in [9.17, 15) is 22.8 Å². The Bertz CT molecular complexity index is 938. The minimum absolute atomic E-state index is 0.0241. The van der Waals surface area contributed by atoms with Crippen molar-refractivity contribution < 1.29 is 32.6 Å². The first-order chi connectivity index (χ1) is 14.2. The summed E-state index contributed by atoms with van der Waals surface area (Å²) in [5.41, 5.74) is -0.995. The number of likely N-dealkylation sites (tertiary alicyclic amines) is 1. The lowest BCUT2D eigenvalue weighted by Gasteiger charge is -2.25. The van der Waals surface area contributed by atoms with Crippen LogP contribution >= 0.6 is 34.7 Å². The molecule has 0 aliphatic carbocycles. The van der Waals surface area contributed by atoms with Gasteiger partial charge in [-0.3, -0.25) is 4.79 Å². The molecular formula is C18H16ClF3N2O4S2. The van der Waals surface area contributed by atoms with Crippen molar-refractivity contribution >= 4 is 46.6 Å². The molecule has 30 heavy (non-hydrogen) atoms. The standard InChI is InChI=1S/C18H16ClF3N2O4S2/c19-15-11(18(20,21)22)2-1-3-13(15)28-8-10-4-5-14(25)24(10)6-7-29-17-23-12(9-30-17)16(26)27/h1-3,9-10H,4-8H2,(H,26,27)/t10-/m1/s1. The van der Waals surface area contributed by atoms with Gasteiger partial charge in [-0.15, -0.1) is 11.3 Å². The van der Waals surface area contributed by atoms with Crippen LogP contribution in [0.4, 0.5) is 13.2 Å². The number of benzene rings is 1. The number of carbonyl (C=O) groups excluding carboxylic acids is 1. The number of aromatic nitrogens is 1. The van der Waals surface area contributed by atoms with E-state index < -0.39 is 22.7 Å². The zero-order valence-corrected chi connectivity index (χ0v) is 17.7. The van der Waals surface area contributed by atoms with Crippen LogP contribution in [0.25, 0.3) is 0 Å². The summed E-state index contributed by atoms with van der Waals surface area (Å²) in [6.45, 7) is 0.410. The molecule has 3 rings (SSSR count). The minimum Gasteiger partial charge on any atom is -0.490 e. The van der Waals surface area contributed by atoms with Gasteiger partial charge in [-0.1, -0.05) is 29.4 Å². The molecule has 162 valence electrons. The van der Waals surface area contributed by atoms with Crippen LogP contribution in [0, 0.1) is 0 Å². The van der Waals surface area contributed by atoms with Crippen LogP contribution in [0.2, 0.25) is 5.02 Å². The Morgan fingerprint density at radius 1 is 1.43 bits per heavy atom. The number of nitrogens with zero attached hydrogens (tertiary/aromatic N) is 2. The van der Waals surface area contributed by atoms with E-state index >= 15 is 0 Å². The zero-order valence-electron chi connectivity index (χ0n) is 15.3. The van der Waals surface area contributed by atoms with Crippen molar-refractivity contribution in [2.75, 3.05) is 18.9 Å². The summed E-state index contributed by atoms with van der Waals surface area (Å²) >= 11 is 8.39. The van der Waals surface area contributed by atoms with Gasteiger partial charge in [-0.2, -0.15) is 13.2 Å². The molecule has 0 bridgehead atoms. The first-order valence-corrected chi connectivity index (χ1v) is 11.0. The molecular weight excluding hydrogens is 465 g/mol. The summed E-state index contributed by atoms with van der Waals surface area (Å²) in [7, 11) is 0. The number of carboxylic acid groups (broad SMARTS) is 1. The summed E-state index contributed by atoms with van der Waals surface area (Å²) in [6, 6.07) is 3.18. The smallest absolute Gasteiger partial charge is 0.417 e. The maximum absolute atomic E-state index is 13.0.